The number of nitrogens with zero attached hydrogens (tertiary/aromatic N) is 3. The van der Waals surface area contributed by atoms with Crippen LogP contribution in [0.4, 0.5) is 10.2 Å². The van der Waals surface area contributed by atoms with Gasteiger partial charge in [-0.2, -0.15) is 0 Å². The molecule has 26 heavy (non-hydrogen) atoms. The summed E-state index contributed by atoms with van der Waals surface area (Å²) in [5.74, 6) is 0.909. The van der Waals surface area contributed by atoms with Crippen molar-refractivity contribution in [2.24, 2.45) is 0 Å². The first-order chi connectivity index (χ1) is 12.7. The minimum absolute atomic E-state index is 0.172. The van der Waals surface area contributed by atoms with Crippen molar-refractivity contribution in [1.29, 1.82) is 0 Å². The van der Waals surface area contributed by atoms with Gasteiger partial charge in [0.1, 0.15) is 18.0 Å². The van der Waals surface area contributed by atoms with E-state index >= 15 is 0 Å². The quantitative estimate of drug-likeness (QED) is 0.739. The van der Waals surface area contributed by atoms with Gasteiger partial charge in [-0.05, 0) is 61.4 Å². The number of hydrogen-bond acceptors (Lipinski definition) is 5. The fraction of sp³-hybridized carbons (Fsp3) is 0.400. The monoisotopic (exact) mass is 370 g/mol. The SMILES string of the molecule is Cc1csc2c(N3CCC(NCCc4ccc(F)cc4)CC3)ncnc12. The molecule has 1 saturated heterocycles. The molecule has 0 unspecified atom stereocenters. The van der Waals surface area contributed by atoms with Gasteiger partial charge in [-0.3, -0.25) is 0 Å². The summed E-state index contributed by atoms with van der Waals surface area (Å²) in [5.41, 5.74) is 3.48. The third-order valence-electron chi connectivity index (χ3n) is 5.07. The van der Waals surface area contributed by atoms with E-state index in [2.05, 4.69) is 32.5 Å². The number of halogens is 1. The minimum atomic E-state index is -0.172. The Labute approximate surface area is 157 Å². The van der Waals surface area contributed by atoms with Crippen LogP contribution in [0.1, 0.15) is 24.0 Å². The highest BCUT2D eigenvalue weighted by Crippen LogP contribution is 2.32. The number of benzene rings is 1. The predicted molar refractivity (Wildman–Crippen MR) is 105 cm³/mol. The summed E-state index contributed by atoms with van der Waals surface area (Å²) in [6.45, 7) is 5.06. The van der Waals surface area contributed by atoms with Crippen LogP contribution in [0, 0.1) is 12.7 Å². The third kappa shape index (κ3) is 3.71. The molecule has 3 heterocycles. The van der Waals surface area contributed by atoms with Gasteiger partial charge in [0.2, 0.25) is 0 Å². The summed E-state index contributed by atoms with van der Waals surface area (Å²) in [6, 6.07) is 7.33. The summed E-state index contributed by atoms with van der Waals surface area (Å²) in [5, 5.41) is 5.81. The molecule has 4 rings (SSSR count). The molecule has 0 amide bonds. The fourth-order valence-corrected chi connectivity index (χ4v) is 4.57. The van der Waals surface area contributed by atoms with Crippen molar-refractivity contribution in [3.05, 3.63) is 52.9 Å². The van der Waals surface area contributed by atoms with E-state index in [0.29, 0.717) is 6.04 Å². The van der Waals surface area contributed by atoms with Crippen LogP contribution >= 0.6 is 11.3 Å². The van der Waals surface area contributed by atoms with Gasteiger partial charge in [-0.15, -0.1) is 11.3 Å². The standard InChI is InChI=1S/C20H23FN4S/c1-14-12-26-19-18(14)23-13-24-20(19)25-10-7-17(8-11-25)22-9-6-15-2-4-16(21)5-3-15/h2-5,12-13,17,22H,6-11H2,1H3. The zero-order valence-corrected chi connectivity index (χ0v) is 15.7. The van der Waals surface area contributed by atoms with Crippen LogP contribution in [-0.2, 0) is 6.42 Å². The summed E-state index contributed by atoms with van der Waals surface area (Å²) >= 11 is 1.74. The van der Waals surface area contributed by atoms with E-state index < -0.39 is 0 Å². The molecular weight excluding hydrogens is 347 g/mol. The number of hydrogen-bond donors (Lipinski definition) is 1. The van der Waals surface area contributed by atoms with Crippen LogP contribution in [0.15, 0.2) is 36.0 Å². The fourth-order valence-electron chi connectivity index (χ4n) is 3.55. The van der Waals surface area contributed by atoms with Gasteiger partial charge >= 0.3 is 0 Å². The van der Waals surface area contributed by atoms with Crippen molar-refractivity contribution in [3.63, 3.8) is 0 Å². The van der Waals surface area contributed by atoms with Gasteiger partial charge in [-0.1, -0.05) is 12.1 Å². The number of thiophene rings is 1. The maximum Gasteiger partial charge on any atom is 0.150 e. The van der Waals surface area contributed by atoms with E-state index in [1.165, 1.54) is 28.0 Å². The highest BCUT2D eigenvalue weighted by atomic mass is 32.1. The predicted octanol–water partition coefficient (Wildman–Crippen LogP) is 3.94. The van der Waals surface area contributed by atoms with Gasteiger partial charge in [0.05, 0.1) is 10.2 Å². The molecular formula is C20H23FN4S. The summed E-state index contributed by atoms with van der Waals surface area (Å²) in [4.78, 5) is 11.4. The van der Waals surface area contributed by atoms with Gasteiger partial charge in [0.15, 0.2) is 0 Å². The Morgan fingerprint density at radius 1 is 1.19 bits per heavy atom. The molecule has 136 valence electrons. The number of piperidine rings is 1. The average Bonchev–Trinajstić information content (AvgIpc) is 3.05. The molecule has 0 saturated carbocycles. The van der Waals surface area contributed by atoms with Gasteiger partial charge in [-0.25, -0.2) is 14.4 Å². The van der Waals surface area contributed by atoms with Crippen LogP contribution in [0.3, 0.4) is 0 Å². The molecule has 0 spiro atoms. The van der Waals surface area contributed by atoms with E-state index in [1.54, 1.807) is 17.7 Å². The van der Waals surface area contributed by atoms with Crippen molar-refractivity contribution >= 4 is 27.4 Å². The molecule has 1 aromatic carbocycles. The molecule has 1 N–H and O–H groups in total. The number of nitrogens with one attached hydrogen (secondary N) is 1. The summed E-state index contributed by atoms with van der Waals surface area (Å²) < 4.78 is 14.1. The molecule has 0 bridgehead atoms. The topological polar surface area (TPSA) is 41.0 Å². The Kier molecular flexibility index (Phi) is 5.13. The maximum absolute atomic E-state index is 12.9. The van der Waals surface area contributed by atoms with E-state index in [0.717, 1.165) is 50.2 Å². The number of aromatic nitrogens is 2. The van der Waals surface area contributed by atoms with E-state index in [-0.39, 0.29) is 5.82 Å². The van der Waals surface area contributed by atoms with E-state index in [4.69, 9.17) is 0 Å². The van der Waals surface area contributed by atoms with Gasteiger partial charge in [0, 0.05) is 19.1 Å². The van der Waals surface area contributed by atoms with Crippen LogP contribution in [0.5, 0.6) is 0 Å². The molecule has 6 heteroatoms. The first-order valence-electron chi connectivity index (χ1n) is 9.12. The lowest BCUT2D eigenvalue weighted by Gasteiger charge is -2.33. The van der Waals surface area contributed by atoms with Gasteiger partial charge < -0.3 is 10.2 Å². The zero-order chi connectivity index (χ0) is 17.9. The first kappa shape index (κ1) is 17.4. The van der Waals surface area contributed by atoms with Crippen molar-refractivity contribution in [2.75, 3.05) is 24.5 Å². The molecule has 1 fully saturated rings. The number of anilines is 1. The third-order valence-corrected chi connectivity index (χ3v) is 6.15. The zero-order valence-electron chi connectivity index (χ0n) is 14.9. The molecule has 2 aromatic heterocycles. The molecule has 0 aliphatic carbocycles. The lowest BCUT2D eigenvalue weighted by Crippen LogP contribution is -2.43. The second kappa shape index (κ2) is 7.68. The van der Waals surface area contributed by atoms with Crippen molar-refractivity contribution < 1.29 is 4.39 Å². The Hall–Kier alpha value is -2.05. The normalized spacial score (nSPS) is 15.7. The van der Waals surface area contributed by atoms with Crippen LogP contribution in [0.25, 0.3) is 10.2 Å². The summed E-state index contributed by atoms with van der Waals surface area (Å²) in [7, 11) is 0. The maximum atomic E-state index is 12.9. The Balaban J connectivity index is 1.30. The molecule has 1 aliphatic rings. The highest BCUT2D eigenvalue weighted by molar-refractivity contribution is 7.18. The number of rotatable bonds is 5. The average molecular weight is 370 g/mol. The largest absolute Gasteiger partial charge is 0.355 e. The van der Waals surface area contributed by atoms with Crippen molar-refractivity contribution in [1.82, 2.24) is 15.3 Å². The Morgan fingerprint density at radius 2 is 1.96 bits per heavy atom. The number of aryl methyl sites for hydroxylation is 1. The second-order valence-electron chi connectivity index (χ2n) is 6.89. The lowest BCUT2D eigenvalue weighted by atomic mass is 10.0. The van der Waals surface area contributed by atoms with Crippen LogP contribution in [0.2, 0.25) is 0 Å². The summed E-state index contributed by atoms with van der Waals surface area (Å²) in [6.07, 6.45) is 4.84. The molecule has 0 radical (unpaired) electrons. The first-order valence-corrected chi connectivity index (χ1v) is 10.0. The Morgan fingerprint density at radius 3 is 2.73 bits per heavy atom. The van der Waals surface area contributed by atoms with Gasteiger partial charge in [0.25, 0.3) is 0 Å². The minimum Gasteiger partial charge on any atom is -0.355 e. The molecule has 3 aromatic rings. The van der Waals surface area contributed by atoms with Crippen LogP contribution < -0.4 is 10.2 Å². The molecule has 0 atom stereocenters. The van der Waals surface area contributed by atoms with Crippen molar-refractivity contribution in [2.45, 2.75) is 32.2 Å². The highest BCUT2D eigenvalue weighted by Gasteiger charge is 2.22. The van der Waals surface area contributed by atoms with Crippen molar-refractivity contribution in [3.8, 4) is 0 Å². The number of fused-ring (bicyclic) bond motifs is 1. The lowest BCUT2D eigenvalue weighted by molar-refractivity contribution is 0.417. The van der Waals surface area contributed by atoms with E-state index in [9.17, 15) is 4.39 Å². The second-order valence-corrected chi connectivity index (χ2v) is 7.77. The molecule has 1 aliphatic heterocycles. The smallest absolute Gasteiger partial charge is 0.150 e. The Bertz CT molecular complexity index is 869. The van der Waals surface area contributed by atoms with E-state index in [1.807, 2.05) is 12.1 Å². The molecule has 4 nitrogen and oxygen atoms in total. The van der Waals surface area contributed by atoms with Crippen LogP contribution in [-0.4, -0.2) is 35.6 Å².